The van der Waals surface area contributed by atoms with Crippen LogP contribution in [0.1, 0.15) is 31.7 Å². The fourth-order valence-corrected chi connectivity index (χ4v) is 3.34. The van der Waals surface area contributed by atoms with Crippen molar-refractivity contribution in [2.24, 2.45) is 0 Å². The molecule has 0 aliphatic carbocycles. The monoisotopic (exact) mass is 321 g/mol. The molecule has 1 aromatic carbocycles. The number of hydrogen-bond acceptors (Lipinski definition) is 3. The molecule has 1 rings (SSSR count). The van der Waals surface area contributed by atoms with Crippen LogP contribution in [-0.2, 0) is 10.0 Å². The van der Waals surface area contributed by atoms with Crippen LogP contribution in [0.25, 0.3) is 0 Å². The predicted octanol–water partition coefficient (Wildman–Crippen LogP) is 2.45. The molecule has 0 saturated heterocycles. The largest absolute Gasteiger partial charge is 0.395 e. The van der Waals surface area contributed by atoms with Gasteiger partial charge < -0.3 is 5.11 Å². The summed E-state index contributed by atoms with van der Waals surface area (Å²) in [6.45, 7) is 2.28. The zero-order valence-corrected chi connectivity index (χ0v) is 13.0. The lowest BCUT2D eigenvalue weighted by Crippen LogP contribution is -2.37. The van der Waals surface area contributed by atoms with Crippen molar-refractivity contribution in [1.29, 1.82) is 0 Å². The van der Waals surface area contributed by atoms with Crippen LogP contribution in [0.4, 0.5) is 8.78 Å². The zero-order valence-electron chi connectivity index (χ0n) is 12.2. The van der Waals surface area contributed by atoms with Gasteiger partial charge in [0.1, 0.15) is 0 Å². The third-order valence-corrected chi connectivity index (χ3v) is 5.27. The lowest BCUT2D eigenvalue weighted by atomic mass is 9.99. The normalized spacial score (nSPS) is 13.9. The number of sulfonamides is 1. The first-order chi connectivity index (χ1) is 9.82. The van der Waals surface area contributed by atoms with Crippen LogP contribution in [0.3, 0.4) is 0 Å². The van der Waals surface area contributed by atoms with Gasteiger partial charge in [-0.2, -0.15) is 4.31 Å². The SMILES string of the molecule is CCC(C)c1ccc(S(=O)(=O)N(CCO)CC(F)F)cc1. The Morgan fingerprint density at radius 3 is 2.24 bits per heavy atom. The van der Waals surface area contributed by atoms with Crippen molar-refractivity contribution in [2.45, 2.75) is 37.5 Å². The molecule has 7 heteroatoms. The lowest BCUT2D eigenvalue weighted by Gasteiger charge is -2.21. The number of aliphatic hydroxyl groups excluding tert-OH is 1. The number of alkyl halides is 2. The highest BCUT2D eigenvalue weighted by atomic mass is 32.2. The molecule has 0 spiro atoms. The summed E-state index contributed by atoms with van der Waals surface area (Å²) in [4.78, 5) is -0.0383. The van der Waals surface area contributed by atoms with Crippen molar-refractivity contribution in [3.8, 4) is 0 Å². The average molecular weight is 321 g/mol. The van der Waals surface area contributed by atoms with Gasteiger partial charge in [-0.1, -0.05) is 26.0 Å². The Bertz CT molecular complexity index is 532. The van der Waals surface area contributed by atoms with E-state index in [1.54, 1.807) is 12.1 Å². The molecule has 21 heavy (non-hydrogen) atoms. The minimum absolute atomic E-state index is 0.0383. The summed E-state index contributed by atoms with van der Waals surface area (Å²) < 4.78 is 50.2. The Kier molecular flexibility index (Phi) is 6.70. The molecule has 0 aromatic heterocycles. The zero-order chi connectivity index (χ0) is 16.0. The first-order valence-corrected chi connectivity index (χ1v) is 8.26. The molecule has 0 aliphatic heterocycles. The van der Waals surface area contributed by atoms with Crippen LogP contribution in [-0.4, -0.2) is 44.0 Å². The van der Waals surface area contributed by atoms with Gasteiger partial charge in [-0.25, -0.2) is 17.2 Å². The van der Waals surface area contributed by atoms with Gasteiger partial charge in [-0.15, -0.1) is 0 Å². The second-order valence-corrected chi connectivity index (χ2v) is 6.79. The molecule has 0 aliphatic rings. The number of aliphatic hydroxyl groups is 1. The van der Waals surface area contributed by atoms with E-state index in [1.807, 2.05) is 13.8 Å². The Morgan fingerprint density at radius 1 is 1.24 bits per heavy atom. The minimum atomic E-state index is -4.01. The second-order valence-electron chi connectivity index (χ2n) is 4.86. The summed E-state index contributed by atoms with van der Waals surface area (Å²) in [6, 6.07) is 6.24. The maximum atomic E-state index is 12.5. The predicted molar refractivity (Wildman–Crippen MR) is 77.0 cm³/mol. The quantitative estimate of drug-likeness (QED) is 0.800. The summed E-state index contributed by atoms with van der Waals surface area (Å²) in [7, 11) is -4.01. The molecule has 1 aromatic rings. The van der Waals surface area contributed by atoms with Gasteiger partial charge in [0.25, 0.3) is 6.43 Å². The number of halogens is 2. The van der Waals surface area contributed by atoms with E-state index < -0.39 is 29.6 Å². The molecule has 0 amide bonds. The average Bonchev–Trinajstić information content (AvgIpc) is 2.45. The topological polar surface area (TPSA) is 57.6 Å². The minimum Gasteiger partial charge on any atom is -0.395 e. The first kappa shape index (κ1) is 18.0. The fourth-order valence-electron chi connectivity index (χ4n) is 1.93. The molecular weight excluding hydrogens is 300 g/mol. The molecule has 1 unspecified atom stereocenters. The Labute approximate surface area is 124 Å². The summed E-state index contributed by atoms with van der Waals surface area (Å²) in [5, 5.41) is 8.86. The van der Waals surface area contributed by atoms with Crippen LogP contribution in [0.15, 0.2) is 29.2 Å². The van der Waals surface area contributed by atoms with E-state index >= 15 is 0 Å². The molecule has 1 N–H and O–H groups in total. The van der Waals surface area contributed by atoms with E-state index in [0.29, 0.717) is 10.2 Å². The smallest absolute Gasteiger partial charge is 0.252 e. The number of rotatable bonds is 8. The van der Waals surface area contributed by atoms with Gasteiger partial charge in [-0.05, 0) is 30.0 Å². The molecule has 0 radical (unpaired) electrons. The van der Waals surface area contributed by atoms with E-state index in [0.717, 1.165) is 12.0 Å². The van der Waals surface area contributed by atoms with Crippen molar-refractivity contribution >= 4 is 10.0 Å². The molecule has 0 heterocycles. The molecule has 0 saturated carbocycles. The third-order valence-electron chi connectivity index (χ3n) is 3.39. The molecular formula is C14H21F2NO3S. The first-order valence-electron chi connectivity index (χ1n) is 6.82. The van der Waals surface area contributed by atoms with Gasteiger partial charge in [0.2, 0.25) is 10.0 Å². The van der Waals surface area contributed by atoms with Crippen LogP contribution >= 0.6 is 0 Å². The number of benzene rings is 1. The van der Waals surface area contributed by atoms with E-state index in [4.69, 9.17) is 5.11 Å². The maximum absolute atomic E-state index is 12.5. The van der Waals surface area contributed by atoms with Crippen LogP contribution < -0.4 is 0 Å². The molecule has 1 atom stereocenters. The van der Waals surface area contributed by atoms with E-state index in [2.05, 4.69) is 0 Å². The molecule has 0 bridgehead atoms. The van der Waals surface area contributed by atoms with Crippen molar-refractivity contribution in [3.05, 3.63) is 29.8 Å². The van der Waals surface area contributed by atoms with E-state index in [-0.39, 0.29) is 11.4 Å². The Morgan fingerprint density at radius 2 is 1.81 bits per heavy atom. The summed E-state index contributed by atoms with van der Waals surface area (Å²) >= 11 is 0. The van der Waals surface area contributed by atoms with Crippen molar-refractivity contribution in [1.82, 2.24) is 4.31 Å². The third kappa shape index (κ3) is 4.72. The number of nitrogens with zero attached hydrogens (tertiary/aromatic N) is 1. The highest BCUT2D eigenvalue weighted by Gasteiger charge is 2.26. The van der Waals surface area contributed by atoms with Gasteiger partial charge in [0, 0.05) is 6.54 Å². The molecule has 120 valence electrons. The van der Waals surface area contributed by atoms with Crippen LogP contribution in [0.2, 0.25) is 0 Å². The van der Waals surface area contributed by atoms with E-state index in [1.165, 1.54) is 12.1 Å². The van der Waals surface area contributed by atoms with Gasteiger partial charge >= 0.3 is 0 Å². The van der Waals surface area contributed by atoms with Crippen molar-refractivity contribution in [3.63, 3.8) is 0 Å². The van der Waals surface area contributed by atoms with Gasteiger partial charge in [0.15, 0.2) is 0 Å². The standard InChI is InChI=1S/C14H21F2NO3S/c1-3-11(2)12-4-6-13(7-5-12)21(19,20)17(8-9-18)10-14(15)16/h4-7,11,14,18H,3,8-10H2,1-2H3. The Hall–Kier alpha value is -1.05. The highest BCUT2D eigenvalue weighted by molar-refractivity contribution is 7.89. The van der Waals surface area contributed by atoms with Crippen LogP contribution in [0.5, 0.6) is 0 Å². The van der Waals surface area contributed by atoms with Crippen molar-refractivity contribution in [2.75, 3.05) is 19.7 Å². The maximum Gasteiger partial charge on any atom is 0.252 e. The summed E-state index contributed by atoms with van der Waals surface area (Å²) in [5.41, 5.74) is 0.999. The summed E-state index contributed by atoms with van der Waals surface area (Å²) in [6.07, 6.45) is -1.86. The molecule has 4 nitrogen and oxygen atoms in total. The number of hydrogen-bond donors (Lipinski definition) is 1. The lowest BCUT2D eigenvalue weighted by molar-refractivity contribution is 0.113. The van der Waals surface area contributed by atoms with Gasteiger partial charge in [0.05, 0.1) is 18.0 Å². The Balaban J connectivity index is 3.04. The van der Waals surface area contributed by atoms with E-state index in [9.17, 15) is 17.2 Å². The van der Waals surface area contributed by atoms with Crippen molar-refractivity contribution < 1.29 is 22.3 Å². The second kappa shape index (κ2) is 7.82. The highest BCUT2D eigenvalue weighted by Crippen LogP contribution is 2.22. The van der Waals surface area contributed by atoms with Crippen LogP contribution in [0, 0.1) is 0 Å². The van der Waals surface area contributed by atoms with Gasteiger partial charge in [-0.3, -0.25) is 0 Å². The summed E-state index contributed by atoms with van der Waals surface area (Å²) in [5.74, 6) is 0.302. The molecule has 0 fully saturated rings. The fraction of sp³-hybridized carbons (Fsp3) is 0.571.